The van der Waals surface area contributed by atoms with Crippen LogP contribution in [0.15, 0.2) is 64.3 Å². The molecule has 2 atom stereocenters. The van der Waals surface area contributed by atoms with Gasteiger partial charge in [0.2, 0.25) is 0 Å². The molecule has 2 aliphatic rings. The number of hydrogen-bond acceptors (Lipinski definition) is 7. The van der Waals surface area contributed by atoms with E-state index in [2.05, 4.69) is 11.4 Å². The molecular formula is C27H31NO5S. The van der Waals surface area contributed by atoms with Gasteiger partial charge in [-0.1, -0.05) is 24.3 Å². The van der Waals surface area contributed by atoms with E-state index in [9.17, 15) is 9.59 Å². The van der Waals surface area contributed by atoms with Crippen LogP contribution in [0.2, 0.25) is 0 Å². The molecule has 34 heavy (non-hydrogen) atoms. The summed E-state index contributed by atoms with van der Waals surface area (Å²) in [4.78, 5) is 28.1. The minimum Gasteiger partial charge on any atom is -0.494 e. The minimum absolute atomic E-state index is 0.0515. The number of para-hydroxylation sites is 1. The van der Waals surface area contributed by atoms with Crippen LogP contribution in [0.1, 0.15) is 55.9 Å². The summed E-state index contributed by atoms with van der Waals surface area (Å²) in [6, 6.07) is 11.7. The molecule has 4 rings (SSSR count). The summed E-state index contributed by atoms with van der Waals surface area (Å²) >= 11 is 1.68. The first kappa shape index (κ1) is 24.2. The summed E-state index contributed by atoms with van der Waals surface area (Å²) in [5.41, 5.74) is 3.48. The zero-order valence-electron chi connectivity index (χ0n) is 19.9. The van der Waals surface area contributed by atoms with E-state index in [1.807, 2.05) is 56.5 Å². The minimum atomic E-state index is -0.546. The van der Waals surface area contributed by atoms with Crippen molar-refractivity contribution < 1.29 is 23.8 Å². The monoisotopic (exact) mass is 481 g/mol. The molecule has 0 radical (unpaired) electrons. The topological polar surface area (TPSA) is 73.9 Å². The number of hydrogen-bond donors (Lipinski definition) is 1. The van der Waals surface area contributed by atoms with Gasteiger partial charge >= 0.3 is 5.97 Å². The highest BCUT2D eigenvalue weighted by atomic mass is 32.1. The Bertz CT molecular complexity index is 1100. The molecule has 1 aliphatic carbocycles. The normalized spacial score (nSPS) is 20.1. The maximum absolute atomic E-state index is 13.6. The van der Waals surface area contributed by atoms with Crippen LogP contribution in [0.25, 0.3) is 0 Å². The molecule has 6 nitrogen and oxygen atoms in total. The number of thiophene rings is 1. The van der Waals surface area contributed by atoms with E-state index in [0.29, 0.717) is 48.8 Å². The van der Waals surface area contributed by atoms with E-state index in [1.165, 1.54) is 4.88 Å². The highest BCUT2D eigenvalue weighted by molar-refractivity contribution is 7.10. The fourth-order valence-corrected chi connectivity index (χ4v) is 5.60. The molecule has 0 spiro atoms. The van der Waals surface area contributed by atoms with E-state index in [4.69, 9.17) is 14.2 Å². The molecule has 0 bridgehead atoms. The van der Waals surface area contributed by atoms with E-state index in [1.54, 1.807) is 11.3 Å². The smallest absolute Gasteiger partial charge is 0.336 e. The van der Waals surface area contributed by atoms with Crippen molar-refractivity contribution in [1.29, 1.82) is 0 Å². The zero-order chi connectivity index (χ0) is 24.1. The molecule has 180 valence electrons. The van der Waals surface area contributed by atoms with Crippen molar-refractivity contribution in [3.8, 4) is 5.75 Å². The van der Waals surface area contributed by atoms with Gasteiger partial charge < -0.3 is 19.5 Å². The fraction of sp³-hybridized carbons (Fsp3) is 0.407. The third kappa shape index (κ3) is 4.95. The number of nitrogens with one attached hydrogen (secondary N) is 1. The summed E-state index contributed by atoms with van der Waals surface area (Å²) in [5, 5.41) is 5.44. The second-order valence-electron chi connectivity index (χ2n) is 8.34. The Morgan fingerprint density at radius 2 is 1.91 bits per heavy atom. The van der Waals surface area contributed by atoms with Crippen molar-refractivity contribution in [1.82, 2.24) is 5.32 Å². The Morgan fingerprint density at radius 3 is 2.65 bits per heavy atom. The van der Waals surface area contributed by atoms with Crippen molar-refractivity contribution in [2.75, 3.05) is 26.4 Å². The molecule has 0 saturated heterocycles. The van der Waals surface area contributed by atoms with Crippen LogP contribution in [0, 0.1) is 0 Å². The van der Waals surface area contributed by atoms with E-state index >= 15 is 0 Å². The van der Waals surface area contributed by atoms with Gasteiger partial charge in [0.1, 0.15) is 12.4 Å². The Labute approximate surface area is 204 Å². The number of rotatable bonds is 9. The number of dihydropyridines is 1. The number of esters is 1. The Morgan fingerprint density at radius 1 is 1.09 bits per heavy atom. The molecule has 2 aromatic rings. The largest absolute Gasteiger partial charge is 0.494 e. The van der Waals surface area contributed by atoms with E-state index < -0.39 is 11.9 Å². The highest BCUT2D eigenvalue weighted by Crippen LogP contribution is 2.48. The first-order chi connectivity index (χ1) is 16.5. The number of carbonyl (C=O) groups is 2. The van der Waals surface area contributed by atoms with E-state index in [-0.39, 0.29) is 18.3 Å². The average molecular weight is 482 g/mol. The van der Waals surface area contributed by atoms with Crippen molar-refractivity contribution in [3.05, 3.63) is 74.8 Å². The maximum atomic E-state index is 13.6. The molecule has 1 N–H and O–H groups in total. The lowest BCUT2D eigenvalue weighted by Crippen LogP contribution is -2.36. The molecule has 7 heteroatoms. The SMILES string of the molecule is CCOCCOC(=O)C1=C(C)NC2=C(C(=O)CC(c3cccs3)C2)C1c1ccccc1OCC. The quantitative estimate of drug-likeness (QED) is 0.397. The second-order valence-corrected chi connectivity index (χ2v) is 9.32. The summed E-state index contributed by atoms with van der Waals surface area (Å²) in [7, 11) is 0. The van der Waals surface area contributed by atoms with Gasteiger partial charge in [-0.25, -0.2) is 4.79 Å². The van der Waals surface area contributed by atoms with Gasteiger partial charge in [-0.2, -0.15) is 0 Å². The average Bonchev–Trinajstić information content (AvgIpc) is 3.36. The third-order valence-corrected chi connectivity index (χ3v) is 7.22. The van der Waals surface area contributed by atoms with Gasteiger partial charge in [-0.05, 0) is 44.7 Å². The van der Waals surface area contributed by atoms with Crippen LogP contribution in [-0.4, -0.2) is 38.2 Å². The van der Waals surface area contributed by atoms with Gasteiger partial charge in [-0.3, -0.25) is 4.79 Å². The van der Waals surface area contributed by atoms with Gasteiger partial charge in [0, 0.05) is 46.4 Å². The van der Waals surface area contributed by atoms with Crippen molar-refractivity contribution in [2.24, 2.45) is 0 Å². The lowest BCUT2D eigenvalue weighted by atomic mass is 9.72. The van der Waals surface area contributed by atoms with Gasteiger partial charge in [0.05, 0.1) is 24.7 Å². The molecule has 0 fully saturated rings. The number of carbonyl (C=O) groups excluding carboxylic acids is 2. The molecule has 2 unspecified atom stereocenters. The van der Waals surface area contributed by atoms with Gasteiger partial charge in [0.25, 0.3) is 0 Å². The fourth-order valence-electron chi connectivity index (χ4n) is 4.77. The number of ether oxygens (including phenoxy) is 3. The highest BCUT2D eigenvalue weighted by Gasteiger charge is 2.42. The van der Waals surface area contributed by atoms with Crippen LogP contribution in [0.5, 0.6) is 5.75 Å². The molecule has 1 aromatic heterocycles. The Hall–Kier alpha value is -2.90. The predicted molar refractivity (Wildman–Crippen MR) is 132 cm³/mol. The second kappa shape index (κ2) is 11.0. The van der Waals surface area contributed by atoms with Crippen LogP contribution in [0.4, 0.5) is 0 Å². The molecule has 0 saturated carbocycles. The Balaban J connectivity index is 1.75. The molecule has 1 aliphatic heterocycles. The third-order valence-electron chi connectivity index (χ3n) is 6.19. The summed E-state index contributed by atoms with van der Waals surface area (Å²) < 4.78 is 16.8. The first-order valence-electron chi connectivity index (χ1n) is 11.8. The predicted octanol–water partition coefficient (Wildman–Crippen LogP) is 5.09. The summed E-state index contributed by atoms with van der Waals surface area (Å²) in [6.45, 7) is 7.22. The van der Waals surface area contributed by atoms with Crippen molar-refractivity contribution >= 4 is 23.1 Å². The molecule has 2 heterocycles. The van der Waals surface area contributed by atoms with Gasteiger partial charge in [-0.15, -0.1) is 11.3 Å². The first-order valence-corrected chi connectivity index (χ1v) is 12.7. The van der Waals surface area contributed by atoms with Crippen LogP contribution < -0.4 is 10.1 Å². The van der Waals surface area contributed by atoms with Crippen LogP contribution >= 0.6 is 11.3 Å². The number of allylic oxidation sites excluding steroid dienone is 3. The van der Waals surface area contributed by atoms with Crippen molar-refractivity contribution in [3.63, 3.8) is 0 Å². The molecule has 0 amide bonds. The number of benzene rings is 1. The maximum Gasteiger partial charge on any atom is 0.336 e. The summed E-state index contributed by atoms with van der Waals surface area (Å²) in [6.07, 6.45) is 1.14. The molecular weight excluding hydrogens is 450 g/mol. The lowest BCUT2D eigenvalue weighted by molar-refractivity contribution is -0.140. The Kier molecular flexibility index (Phi) is 7.85. The van der Waals surface area contributed by atoms with Gasteiger partial charge in [0.15, 0.2) is 5.78 Å². The standard InChI is InChI=1S/C27H31NO5S/c1-4-31-12-13-33-27(30)24-17(3)28-20-15-18(23-11-8-14-34-23)16-21(29)26(20)25(24)19-9-6-7-10-22(19)32-5-2/h6-11,14,18,25,28H,4-5,12-13,15-16H2,1-3H3. The lowest BCUT2D eigenvalue weighted by Gasteiger charge is -2.36. The molecule has 1 aromatic carbocycles. The van der Waals surface area contributed by atoms with E-state index in [0.717, 1.165) is 17.7 Å². The van der Waals surface area contributed by atoms with Crippen LogP contribution in [0.3, 0.4) is 0 Å². The zero-order valence-corrected chi connectivity index (χ0v) is 20.7. The van der Waals surface area contributed by atoms with Crippen molar-refractivity contribution in [2.45, 2.75) is 45.4 Å². The van der Waals surface area contributed by atoms with Crippen LogP contribution in [-0.2, 0) is 19.1 Å². The number of ketones is 1. The number of Topliss-reactive ketones (excluding diaryl/α,β-unsaturated/α-hetero) is 1. The summed E-state index contributed by atoms with van der Waals surface area (Å²) in [5.74, 6) is -0.134.